The molecule has 0 fully saturated rings. The number of hydrogen-bond donors (Lipinski definition) is 0. The predicted octanol–water partition coefficient (Wildman–Crippen LogP) is 18.9. The first kappa shape index (κ1) is 62.1. The largest absolute Gasteiger partial charge is 0.462 e. The van der Waals surface area contributed by atoms with Gasteiger partial charge in [-0.05, 0) is 44.9 Å². The van der Waals surface area contributed by atoms with Crippen molar-refractivity contribution in [3.8, 4) is 0 Å². The van der Waals surface area contributed by atoms with Gasteiger partial charge >= 0.3 is 17.9 Å². The maximum absolute atomic E-state index is 12.8. The molecule has 0 aliphatic heterocycles. The zero-order chi connectivity index (χ0) is 46.5. The second-order valence-electron chi connectivity index (χ2n) is 19.6. The van der Waals surface area contributed by atoms with E-state index in [0.29, 0.717) is 19.3 Å². The number of carbonyl (C=O) groups excluding carboxylic acids is 3. The smallest absolute Gasteiger partial charge is 0.306 e. The molecule has 0 aromatic rings. The van der Waals surface area contributed by atoms with E-state index in [9.17, 15) is 14.4 Å². The second-order valence-corrected chi connectivity index (χ2v) is 19.6. The summed E-state index contributed by atoms with van der Waals surface area (Å²) < 4.78 is 16.9. The fraction of sp³-hybridized carbons (Fsp3) is 0.914. The Balaban J connectivity index is 4.28. The Morgan fingerprint density at radius 1 is 0.297 bits per heavy atom. The zero-order valence-corrected chi connectivity index (χ0v) is 43.3. The summed E-state index contributed by atoms with van der Waals surface area (Å²) in [7, 11) is 0. The summed E-state index contributed by atoms with van der Waals surface area (Å²) in [4.78, 5) is 38.1. The van der Waals surface area contributed by atoms with E-state index in [1.165, 1.54) is 225 Å². The topological polar surface area (TPSA) is 78.9 Å². The number of esters is 3. The highest BCUT2D eigenvalue weighted by Gasteiger charge is 2.19. The second kappa shape index (κ2) is 53.8. The Hall–Kier alpha value is -1.85. The molecule has 64 heavy (non-hydrogen) atoms. The molecule has 0 N–H and O–H groups in total. The lowest BCUT2D eigenvalue weighted by molar-refractivity contribution is -0.167. The van der Waals surface area contributed by atoms with Crippen LogP contribution in [-0.2, 0) is 28.6 Å². The van der Waals surface area contributed by atoms with Gasteiger partial charge in [-0.15, -0.1) is 0 Å². The van der Waals surface area contributed by atoms with Gasteiger partial charge in [-0.3, -0.25) is 14.4 Å². The van der Waals surface area contributed by atoms with Crippen molar-refractivity contribution in [3.05, 3.63) is 12.2 Å². The molecular weight excluding hydrogens is 793 g/mol. The Labute approximate surface area is 399 Å². The lowest BCUT2D eigenvalue weighted by Gasteiger charge is -2.18. The van der Waals surface area contributed by atoms with Gasteiger partial charge in [-0.2, -0.15) is 0 Å². The van der Waals surface area contributed by atoms with Crippen LogP contribution in [-0.4, -0.2) is 37.2 Å². The Bertz CT molecular complexity index is 993. The van der Waals surface area contributed by atoms with Gasteiger partial charge in [0.25, 0.3) is 0 Å². The highest BCUT2D eigenvalue weighted by molar-refractivity contribution is 5.71. The number of allylic oxidation sites excluding steroid dienone is 2. The molecule has 0 saturated carbocycles. The van der Waals surface area contributed by atoms with E-state index in [0.717, 1.165) is 57.8 Å². The fourth-order valence-electron chi connectivity index (χ4n) is 8.68. The maximum Gasteiger partial charge on any atom is 0.306 e. The van der Waals surface area contributed by atoms with E-state index in [4.69, 9.17) is 14.2 Å². The number of unbranched alkanes of at least 4 members (excludes halogenated alkanes) is 40. The molecule has 0 aromatic carbocycles. The first-order valence-corrected chi connectivity index (χ1v) is 28.7. The molecule has 0 radical (unpaired) electrons. The molecule has 378 valence electrons. The van der Waals surface area contributed by atoms with Gasteiger partial charge in [-0.25, -0.2) is 0 Å². The highest BCUT2D eigenvalue weighted by atomic mass is 16.6. The zero-order valence-electron chi connectivity index (χ0n) is 43.3. The van der Waals surface area contributed by atoms with E-state index in [1.54, 1.807) is 0 Å². The first-order chi connectivity index (χ1) is 31.5. The molecule has 1 unspecified atom stereocenters. The van der Waals surface area contributed by atoms with Crippen LogP contribution in [0.25, 0.3) is 0 Å². The molecule has 0 rings (SSSR count). The standard InChI is InChI=1S/C58H110O6/c1-4-7-10-13-16-19-22-25-27-28-29-30-32-33-36-39-42-45-48-51-57(60)63-54-55(53-62-56(59)50-47-44-41-38-35-24-21-18-15-12-9-6-3)64-58(61)52-49-46-43-40-37-34-31-26-23-20-17-14-11-8-5-2/h25,27,55H,4-24,26,28-54H2,1-3H3/b27-25-. The van der Waals surface area contributed by atoms with Crippen molar-refractivity contribution in [2.24, 2.45) is 0 Å². The third-order valence-electron chi connectivity index (χ3n) is 13.0. The van der Waals surface area contributed by atoms with Gasteiger partial charge in [0.2, 0.25) is 0 Å². The minimum atomic E-state index is -0.764. The molecule has 0 saturated heterocycles. The molecule has 0 spiro atoms. The van der Waals surface area contributed by atoms with Gasteiger partial charge in [-0.1, -0.05) is 270 Å². The lowest BCUT2D eigenvalue weighted by Crippen LogP contribution is -2.30. The summed E-state index contributed by atoms with van der Waals surface area (Å²) in [5.41, 5.74) is 0. The van der Waals surface area contributed by atoms with Gasteiger partial charge < -0.3 is 14.2 Å². The fourth-order valence-corrected chi connectivity index (χ4v) is 8.68. The summed E-state index contributed by atoms with van der Waals surface area (Å²) in [6.07, 6.45) is 60.5. The predicted molar refractivity (Wildman–Crippen MR) is 275 cm³/mol. The molecule has 0 bridgehead atoms. The lowest BCUT2D eigenvalue weighted by atomic mass is 10.0. The van der Waals surface area contributed by atoms with Crippen LogP contribution in [0.5, 0.6) is 0 Å². The monoisotopic (exact) mass is 903 g/mol. The summed E-state index contributed by atoms with van der Waals surface area (Å²) in [5.74, 6) is -0.844. The van der Waals surface area contributed by atoms with E-state index in [2.05, 4.69) is 32.9 Å². The number of ether oxygens (including phenoxy) is 3. The van der Waals surface area contributed by atoms with Crippen molar-refractivity contribution in [3.63, 3.8) is 0 Å². The molecule has 6 heteroatoms. The Kier molecular flexibility index (Phi) is 52.2. The van der Waals surface area contributed by atoms with Crippen molar-refractivity contribution in [2.45, 2.75) is 329 Å². The van der Waals surface area contributed by atoms with Crippen molar-refractivity contribution >= 4 is 17.9 Å². The number of rotatable bonds is 53. The minimum absolute atomic E-state index is 0.0646. The SMILES string of the molecule is CCCCCCCC/C=C\CCCCCCCCCCCC(=O)OCC(COC(=O)CCCCCCCCCCCCCC)OC(=O)CCCCCCCCCCCCCCCCC. The third kappa shape index (κ3) is 51.1. The van der Waals surface area contributed by atoms with Gasteiger partial charge in [0.05, 0.1) is 0 Å². The molecule has 1 atom stereocenters. The molecular formula is C58H110O6. The molecule has 0 aliphatic carbocycles. The number of hydrogen-bond acceptors (Lipinski definition) is 6. The van der Waals surface area contributed by atoms with Crippen LogP contribution in [0, 0.1) is 0 Å². The first-order valence-electron chi connectivity index (χ1n) is 28.7. The van der Waals surface area contributed by atoms with E-state index >= 15 is 0 Å². The Morgan fingerprint density at radius 2 is 0.516 bits per heavy atom. The number of carbonyl (C=O) groups is 3. The van der Waals surface area contributed by atoms with E-state index < -0.39 is 6.10 Å². The van der Waals surface area contributed by atoms with Gasteiger partial charge in [0.1, 0.15) is 13.2 Å². The summed E-state index contributed by atoms with van der Waals surface area (Å²) in [6, 6.07) is 0. The molecule has 6 nitrogen and oxygen atoms in total. The summed E-state index contributed by atoms with van der Waals surface area (Å²) in [5, 5.41) is 0. The van der Waals surface area contributed by atoms with Crippen LogP contribution in [0.4, 0.5) is 0 Å². The molecule has 0 amide bonds. The third-order valence-corrected chi connectivity index (χ3v) is 13.0. The van der Waals surface area contributed by atoms with Crippen molar-refractivity contribution in [2.75, 3.05) is 13.2 Å². The summed E-state index contributed by atoms with van der Waals surface area (Å²) in [6.45, 7) is 6.68. The van der Waals surface area contributed by atoms with Crippen LogP contribution in [0.2, 0.25) is 0 Å². The summed E-state index contributed by atoms with van der Waals surface area (Å²) >= 11 is 0. The Morgan fingerprint density at radius 3 is 0.781 bits per heavy atom. The average Bonchev–Trinajstić information content (AvgIpc) is 3.29. The van der Waals surface area contributed by atoms with Crippen LogP contribution in [0.15, 0.2) is 12.2 Å². The van der Waals surface area contributed by atoms with Crippen LogP contribution < -0.4 is 0 Å². The van der Waals surface area contributed by atoms with Crippen LogP contribution >= 0.6 is 0 Å². The van der Waals surface area contributed by atoms with Crippen LogP contribution in [0.3, 0.4) is 0 Å². The van der Waals surface area contributed by atoms with Gasteiger partial charge in [0.15, 0.2) is 6.10 Å². The highest BCUT2D eigenvalue weighted by Crippen LogP contribution is 2.17. The van der Waals surface area contributed by atoms with Crippen molar-refractivity contribution in [1.82, 2.24) is 0 Å². The normalized spacial score (nSPS) is 12.0. The van der Waals surface area contributed by atoms with E-state index in [-0.39, 0.29) is 31.1 Å². The van der Waals surface area contributed by atoms with E-state index in [1.807, 2.05) is 0 Å². The minimum Gasteiger partial charge on any atom is -0.462 e. The van der Waals surface area contributed by atoms with Gasteiger partial charge in [0, 0.05) is 19.3 Å². The molecule has 0 aliphatic rings. The van der Waals surface area contributed by atoms with Crippen LogP contribution in [0.1, 0.15) is 323 Å². The van der Waals surface area contributed by atoms with Crippen molar-refractivity contribution in [1.29, 1.82) is 0 Å². The average molecular weight is 904 g/mol. The molecule has 0 heterocycles. The molecule has 0 aromatic heterocycles. The quantitative estimate of drug-likeness (QED) is 0.0262. The maximum atomic E-state index is 12.8. The van der Waals surface area contributed by atoms with Crippen molar-refractivity contribution < 1.29 is 28.6 Å².